The van der Waals surface area contributed by atoms with Crippen LogP contribution in [0.2, 0.25) is 10.0 Å². The monoisotopic (exact) mass is 579 g/mol. The van der Waals surface area contributed by atoms with E-state index in [1.54, 1.807) is 12.0 Å². The van der Waals surface area contributed by atoms with E-state index in [0.717, 1.165) is 11.1 Å². The van der Waals surface area contributed by atoms with Crippen LogP contribution in [-0.2, 0) is 9.59 Å². The number of amides is 2. The Balaban J connectivity index is 1.71. The predicted octanol–water partition coefficient (Wildman–Crippen LogP) is 5.69. The Bertz CT molecular complexity index is 1420. The third-order valence-electron chi connectivity index (χ3n) is 7.18. The Labute approximate surface area is 244 Å². The highest BCUT2D eigenvalue weighted by atomic mass is 35.5. The van der Waals surface area contributed by atoms with Crippen LogP contribution in [0.25, 0.3) is 0 Å². The lowest BCUT2D eigenvalue weighted by atomic mass is 9.77. The molecule has 1 N–H and O–H groups in total. The number of rotatable bonds is 7. The summed E-state index contributed by atoms with van der Waals surface area (Å²) in [7, 11) is 1.60. The highest BCUT2D eigenvalue weighted by molar-refractivity contribution is 6.30. The van der Waals surface area contributed by atoms with E-state index < -0.39 is 12.0 Å². The van der Waals surface area contributed by atoms with Crippen LogP contribution in [0.4, 0.5) is 0 Å². The number of halogens is 2. The van der Waals surface area contributed by atoms with Crippen molar-refractivity contribution in [3.63, 3.8) is 0 Å². The Kier molecular flexibility index (Phi) is 8.33. The lowest BCUT2D eigenvalue weighted by molar-refractivity contribution is -0.140. The molecule has 2 amide bonds. The first kappa shape index (κ1) is 28.0. The lowest BCUT2D eigenvalue weighted by Crippen LogP contribution is -2.53. The van der Waals surface area contributed by atoms with Crippen molar-refractivity contribution in [2.45, 2.75) is 31.9 Å². The topological polar surface area (TPSA) is 80.2 Å². The van der Waals surface area contributed by atoms with E-state index in [-0.39, 0.29) is 30.4 Å². The summed E-state index contributed by atoms with van der Waals surface area (Å²) in [5, 5.41) is 4.02. The molecule has 2 aliphatic rings. The molecular weight excluding hydrogens is 549 g/mol. The smallest absolute Gasteiger partial charge is 0.239 e. The van der Waals surface area contributed by atoms with Gasteiger partial charge in [0.05, 0.1) is 37.4 Å². The Hall–Kier alpha value is -3.55. The number of ether oxygens (including phenoxy) is 2. The average Bonchev–Trinajstić information content (AvgIpc) is 3.33. The molecule has 0 saturated carbocycles. The van der Waals surface area contributed by atoms with E-state index in [1.165, 1.54) is 0 Å². The Morgan fingerprint density at radius 1 is 1.00 bits per heavy atom. The van der Waals surface area contributed by atoms with E-state index in [0.29, 0.717) is 45.9 Å². The Morgan fingerprint density at radius 3 is 2.25 bits per heavy atom. The number of benzene rings is 3. The van der Waals surface area contributed by atoms with Crippen molar-refractivity contribution in [3.8, 4) is 11.5 Å². The SMILES string of the molecule is COc1ccc(C2=N[C@H](c3ccc(Cl)cc3)[C@H](c3ccc(Cl)cc3)C2C(=O)N2CCNC(=O)C2)c(OC(C)C)c1. The standard InChI is InChI=1S/C31H31Cl2N3O4/c1-18(2)40-25-16-23(39-3)12-13-24(25)30-28(31(38)36-15-14-34-26(37)17-36)27(19-4-8-21(32)9-5-19)29(35-30)20-6-10-22(33)11-7-20/h4-13,16,18,27-29H,14-15,17H2,1-3H3,(H,34,37)/t27-,28?,29-/m1/s1. The first-order chi connectivity index (χ1) is 19.2. The maximum atomic E-state index is 14.4. The molecule has 3 aromatic rings. The van der Waals surface area contributed by atoms with Gasteiger partial charge in [-0.15, -0.1) is 0 Å². The summed E-state index contributed by atoms with van der Waals surface area (Å²) < 4.78 is 11.7. The van der Waals surface area contributed by atoms with Crippen LogP contribution < -0.4 is 14.8 Å². The number of hydrogen-bond donors (Lipinski definition) is 1. The lowest BCUT2D eigenvalue weighted by Gasteiger charge is -2.33. The molecule has 2 heterocycles. The number of carbonyl (C=O) groups excluding carboxylic acids is 2. The van der Waals surface area contributed by atoms with Crippen LogP contribution in [0.3, 0.4) is 0 Å². The molecular formula is C31H31Cl2N3O4. The number of methoxy groups -OCH3 is 1. The normalized spacial score (nSPS) is 20.8. The molecule has 0 bridgehead atoms. The highest BCUT2D eigenvalue weighted by Gasteiger charge is 2.47. The number of aliphatic imine (C=N–C) groups is 1. The quantitative estimate of drug-likeness (QED) is 0.390. The predicted molar refractivity (Wildman–Crippen MR) is 157 cm³/mol. The zero-order valence-electron chi connectivity index (χ0n) is 22.6. The van der Waals surface area contributed by atoms with Crippen molar-refractivity contribution in [3.05, 3.63) is 93.5 Å². The van der Waals surface area contributed by atoms with Gasteiger partial charge in [-0.3, -0.25) is 14.6 Å². The van der Waals surface area contributed by atoms with Crippen molar-refractivity contribution in [2.75, 3.05) is 26.7 Å². The zero-order valence-corrected chi connectivity index (χ0v) is 24.1. The fraction of sp³-hybridized carbons (Fsp3) is 0.323. The van der Waals surface area contributed by atoms with Gasteiger partial charge in [0.25, 0.3) is 0 Å². The molecule has 0 aromatic heterocycles. The highest BCUT2D eigenvalue weighted by Crippen LogP contribution is 2.49. The number of hydrogen-bond acceptors (Lipinski definition) is 5. The van der Waals surface area contributed by atoms with Gasteiger partial charge in [0, 0.05) is 40.7 Å². The third-order valence-corrected chi connectivity index (χ3v) is 7.69. The molecule has 9 heteroatoms. The minimum Gasteiger partial charge on any atom is -0.497 e. The van der Waals surface area contributed by atoms with Crippen molar-refractivity contribution < 1.29 is 19.1 Å². The summed E-state index contributed by atoms with van der Waals surface area (Å²) in [5.74, 6) is -0.167. The molecule has 0 aliphatic carbocycles. The largest absolute Gasteiger partial charge is 0.497 e. The van der Waals surface area contributed by atoms with Gasteiger partial charge in [0.15, 0.2) is 0 Å². The van der Waals surface area contributed by atoms with E-state index in [9.17, 15) is 9.59 Å². The molecule has 1 unspecified atom stereocenters. The molecule has 7 nitrogen and oxygen atoms in total. The fourth-order valence-corrected chi connectivity index (χ4v) is 5.64. The van der Waals surface area contributed by atoms with Crippen LogP contribution in [0.5, 0.6) is 11.5 Å². The number of nitrogens with one attached hydrogen (secondary N) is 1. The summed E-state index contributed by atoms with van der Waals surface area (Å²) in [5.41, 5.74) is 3.16. The van der Waals surface area contributed by atoms with Crippen LogP contribution in [0.15, 0.2) is 71.7 Å². The van der Waals surface area contributed by atoms with E-state index in [4.69, 9.17) is 37.7 Å². The molecule has 40 heavy (non-hydrogen) atoms. The van der Waals surface area contributed by atoms with Crippen molar-refractivity contribution >= 4 is 40.7 Å². The van der Waals surface area contributed by atoms with Crippen LogP contribution in [0.1, 0.15) is 42.5 Å². The summed E-state index contributed by atoms with van der Waals surface area (Å²) in [6.45, 7) is 4.72. The second-order valence-corrected chi connectivity index (χ2v) is 11.1. The van der Waals surface area contributed by atoms with Crippen molar-refractivity contribution in [2.24, 2.45) is 10.9 Å². The molecule has 1 fully saturated rings. The van der Waals surface area contributed by atoms with Gasteiger partial charge in [0.2, 0.25) is 11.8 Å². The maximum absolute atomic E-state index is 14.4. The minimum absolute atomic E-state index is 0.000470. The minimum atomic E-state index is -0.685. The van der Waals surface area contributed by atoms with Crippen LogP contribution >= 0.6 is 23.2 Å². The first-order valence-corrected chi connectivity index (χ1v) is 14.0. The maximum Gasteiger partial charge on any atom is 0.239 e. The Morgan fingerprint density at radius 2 is 1.65 bits per heavy atom. The molecule has 5 rings (SSSR count). The van der Waals surface area contributed by atoms with Crippen LogP contribution in [-0.4, -0.2) is 55.3 Å². The van der Waals surface area contributed by atoms with Gasteiger partial charge in [0.1, 0.15) is 11.5 Å². The van der Waals surface area contributed by atoms with Gasteiger partial charge in [-0.1, -0.05) is 47.5 Å². The molecule has 208 valence electrons. The summed E-state index contributed by atoms with van der Waals surface area (Å²) >= 11 is 12.5. The molecule has 2 aliphatic heterocycles. The van der Waals surface area contributed by atoms with E-state index in [2.05, 4.69) is 5.32 Å². The van der Waals surface area contributed by atoms with Gasteiger partial charge in [-0.05, 0) is 61.4 Å². The van der Waals surface area contributed by atoms with Gasteiger partial charge in [-0.25, -0.2) is 0 Å². The van der Waals surface area contributed by atoms with Gasteiger partial charge < -0.3 is 19.7 Å². The van der Waals surface area contributed by atoms with Gasteiger partial charge >= 0.3 is 0 Å². The zero-order chi connectivity index (χ0) is 28.4. The second-order valence-electron chi connectivity index (χ2n) is 10.2. The molecule has 0 spiro atoms. The molecule has 1 saturated heterocycles. The number of nitrogens with zero attached hydrogens (tertiary/aromatic N) is 2. The summed E-state index contributed by atoms with van der Waals surface area (Å²) in [6.07, 6.45) is -0.119. The summed E-state index contributed by atoms with van der Waals surface area (Å²) in [4.78, 5) is 33.6. The molecule has 3 atom stereocenters. The average molecular weight is 581 g/mol. The van der Waals surface area contributed by atoms with Crippen molar-refractivity contribution in [1.29, 1.82) is 0 Å². The molecule has 0 radical (unpaired) electrons. The fourth-order valence-electron chi connectivity index (χ4n) is 5.39. The first-order valence-electron chi connectivity index (χ1n) is 13.2. The van der Waals surface area contributed by atoms with E-state index in [1.807, 2.05) is 80.6 Å². The van der Waals surface area contributed by atoms with Crippen LogP contribution in [0, 0.1) is 5.92 Å². The third kappa shape index (κ3) is 5.81. The van der Waals surface area contributed by atoms with Gasteiger partial charge in [-0.2, -0.15) is 0 Å². The van der Waals surface area contributed by atoms with E-state index >= 15 is 0 Å². The summed E-state index contributed by atoms with van der Waals surface area (Å²) in [6, 6.07) is 20.2. The number of piperazine rings is 1. The van der Waals surface area contributed by atoms with Crippen molar-refractivity contribution in [1.82, 2.24) is 10.2 Å². The molecule has 3 aromatic carbocycles. The number of carbonyl (C=O) groups is 2. The second kappa shape index (κ2) is 11.9.